The highest BCUT2D eigenvalue weighted by atomic mass is 14.9. The highest BCUT2D eigenvalue weighted by Crippen LogP contribution is 2.48. The zero-order valence-corrected chi connectivity index (χ0v) is 11.9. The van der Waals surface area contributed by atoms with Gasteiger partial charge in [-0.05, 0) is 68.5 Å². The molecule has 19 heavy (non-hydrogen) atoms. The molecule has 1 aromatic rings. The molecule has 2 aliphatic carbocycles. The highest BCUT2D eigenvalue weighted by Gasteiger charge is 2.37. The molecule has 2 saturated carbocycles. The van der Waals surface area contributed by atoms with Crippen molar-refractivity contribution in [1.82, 2.24) is 10.3 Å². The average Bonchev–Trinajstić information content (AvgIpc) is 2.91. The number of hydrogen-bond donors (Lipinski definition) is 1. The fourth-order valence-corrected chi connectivity index (χ4v) is 4.03. The lowest BCUT2D eigenvalue weighted by molar-refractivity contribution is 0.169. The van der Waals surface area contributed by atoms with E-state index in [4.69, 9.17) is 0 Å². The second kappa shape index (κ2) is 6.04. The Morgan fingerprint density at radius 2 is 1.95 bits per heavy atom. The van der Waals surface area contributed by atoms with Crippen molar-refractivity contribution < 1.29 is 0 Å². The molecule has 0 aromatic carbocycles. The third-order valence-corrected chi connectivity index (χ3v) is 5.28. The molecular weight excluding hydrogens is 232 g/mol. The van der Waals surface area contributed by atoms with E-state index in [1.54, 1.807) is 0 Å². The van der Waals surface area contributed by atoms with Crippen molar-refractivity contribution in [1.29, 1.82) is 0 Å². The summed E-state index contributed by atoms with van der Waals surface area (Å²) in [7, 11) is 0. The molecule has 0 radical (unpaired) electrons. The number of aromatic nitrogens is 1. The summed E-state index contributed by atoms with van der Waals surface area (Å²) in [6, 6.07) is 4.96. The van der Waals surface area contributed by atoms with Crippen LogP contribution in [0.2, 0.25) is 0 Å². The van der Waals surface area contributed by atoms with E-state index >= 15 is 0 Å². The number of hydrogen-bond acceptors (Lipinski definition) is 2. The number of pyridine rings is 1. The van der Waals surface area contributed by atoms with Gasteiger partial charge in [-0.25, -0.2) is 0 Å². The van der Waals surface area contributed by atoms with Gasteiger partial charge in [-0.15, -0.1) is 0 Å². The van der Waals surface area contributed by atoms with Crippen molar-refractivity contribution in [3.63, 3.8) is 0 Å². The number of nitrogens with one attached hydrogen (secondary N) is 1. The maximum atomic E-state index is 4.17. The van der Waals surface area contributed by atoms with Crippen LogP contribution in [0.25, 0.3) is 0 Å². The minimum absolute atomic E-state index is 0.765. The molecule has 1 N–H and O–H groups in total. The lowest BCUT2D eigenvalue weighted by atomic mass is 9.71. The summed E-state index contributed by atoms with van der Waals surface area (Å²) >= 11 is 0. The van der Waals surface area contributed by atoms with Gasteiger partial charge in [0.15, 0.2) is 0 Å². The first-order valence-electron chi connectivity index (χ1n) is 7.99. The molecule has 2 aliphatic rings. The summed E-state index contributed by atoms with van der Waals surface area (Å²) in [5, 5.41) is 3.75. The molecule has 0 atom stereocenters. The van der Waals surface area contributed by atoms with Gasteiger partial charge < -0.3 is 5.32 Å². The van der Waals surface area contributed by atoms with Crippen molar-refractivity contribution in [2.45, 2.75) is 63.8 Å². The van der Waals surface area contributed by atoms with E-state index in [0.29, 0.717) is 0 Å². The molecular formula is C17H26N2. The van der Waals surface area contributed by atoms with Crippen LogP contribution in [0.1, 0.15) is 56.9 Å². The first kappa shape index (κ1) is 13.1. The summed E-state index contributed by atoms with van der Waals surface area (Å²) in [6.07, 6.45) is 16.7. The Hall–Kier alpha value is -0.890. The smallest absolute Gasteiger partial charge is 0.0300 e. The molecule has 2 heteroatoms. The average molecular weight is 258 g/mol. The van der Waals surface area contributed by atoms with Crippen molar-refractivity contribution in [2.24, 2.45) is 5.41 Å². The third-order valence-electron chi connectivity index (χ3n) is 5.28. The van der Waals surface area contributed by atoms with E-state index < -0.39 is 0 Å². The fraction of sp³-hybridized carbons (Fsp3) is 0.706. The predicted molar refractivity (Wildman–Crippen MR) is 79.1 cm³/mol. The fourth-order valence-electron chi connectivity index (χ4n) is 4.03. The van der Waals surface area contributed by atoms with E-state index in [1.165, 1.54) is 56.9 Å². The van der Waals surface area contributed by atoms with Gasteiger partial charge in [0.25, 0.3) is 0 Å². The van der Waals surface area contributed by atoms with Crippen LogP contribution in [-0.2, 0) is 6.42 Å². The van der Waals surface area contributed by atoms with Crippen molar-refractivity contribution >= 4 is 0 Å². The van der Waals surface area contributed by atoms with Crippen LogP contribution in [0.15, 0.2) is 24.5 Å². The van der Waals surface area contributed by atoms with E-state index in [1.807, 2.05) is 18.5 Å². The van der Waals surface area contributed by atoms with Gasteiger partial charge >= 0.3 is 0 Å². The maximum absolute atomic E-state index is 4.17. The van der Waals surface area contributed by atoms with Crippen LogP contribution < -0.4 is 5.32 Å². The SMILES string of the molecule is c1cncc(CCNC2CCC3(CCCC3)CC2)c1. The molecule has 0 aliphatic heterocycles. The molecule has 2 fully saturated rings. The lowest BCUT2D eigenvalue weighted by Crippen LogP contribution is -2.37. The molecule has 3 rings (SSSR count). The van der Waals surface area contributed by atoms with Gasteiger partial charge in [-0.1, -0.05) is 18.9 Å². The Kier molecular flexibility index (Phi) is 4.17. The van der Waals surface area contributed by atoms with Crippen LogP contribution in [0.5, 0.6) is 0 Å². The van der Waals surface area contributed by atoms with Crippen LogP contribution in [-0.4, -0.2) is 17.6 Å². The quantitative estimate of drug-likeness (QED) is 0.890. The van der Waals surface area contributed by atoms with E-state index in [0.717, 1.165) is 24.4 Å². The zero-order chi connectivity index (χ0) is 13.0. The minimum Gasteiger partial charge on any atom is -0.314 e. The first-order chi connectivity index (χ1) is 9.36. The van der Waals surface area contributed by atoms with Gasteiger partial charge in [0.2, 0.25) is 0 Å². The molecule has 1 heterocycles. The summed E-state index contributed by atoms with van der Waals surface area (Å²) < 4.78 is 0. The van der Waals surface area contributed by atoms with Crippen molar-refractivity contribution in [3.05, 3.63) is 30.1 Å². The van der Waals surface area contributed by atoms with Crippen LogP contribution in [0.3, 0.4) is 0 Å². The lowest BCUT2D eigenvalue weighted by Gasteiger charge is -2.37. The van der Waals surface area contributed by atoms with E-state index in [-0.39, 0.29) is 0 Å². The maximum Gasteiger partial charge on any atom is 0.0300 e. The number of nitrogens with zero attached hydrogens (tertiary/aromatic N) is 1. The summed E-state index contributed by atoms with van der Waals surface area (Å²) in [4.78, 5) is 4.17. The second-order valence-electron chi connectivity index (χ2n) is 6.55. The number of rotatable bonds is 4. The summed E-state index contributed by atoms with van der Waals surface area (Å²) in [5.74, 6) is 0. The van der Waals surface area contributed by atoms with Gasteiger partial charge in [0.1, 0.15) is 0 Å². The van der Waals surface area contributed by atoms with Gasteiger partial charge in [0.05, 0.1) is 0 Å². The van der Waals surface area contributed by atoms with Crippen molar-refractivity contribution in [2.75, 3.05) is 6.54 Å². The minimum atomic E-state index is 0.765. The van der Waals surface area contributed by atoms with Gasteiger partial charge in [0, 0.05) is 18.4 Å². The largest absolute Gasteiger partial charge is 0.314 e. The molecule has 0 amide bonds. The molecule has 0 unspecified atom stereocenters. The second-order valence-corrected chi connectivity index (χ2v) is 6.55. The van der Waals surface area contributed by atoms with Crippen LogP contribution >= 0.6 is 0 Å². The molecule has 1 spiro atoms. The van der Waals surface area contributed by atoms with Gasteiger partial charge in [-0.2, -0.15) is 0 Å². The molecule has 2 nitrogen and oxygen atoms in total. The molecule has 0 saturated heterocycles. The Balaban J connectivity index is 1.38. The van der Waals surface area contributed by atoms with E-state index in [9.17, 15) is 0 Å². The molecule has 1 aromatic heterocycles. The monoisotopic (exact) mass is 258 g/mol. The normalized spacial score (nSPS) is 22.9. The Labute approximate surface area is 117 Å². The topological polar surface area (TPSA) is 24.9 Å². The Morgan fingerprint density at radius 3 is 2.63 bits per heavy atom. The first-order valence-corrected chi connectivity index (χ1v) is 7.99. The third kappa shape index (κ3) is 3.36. The molecule has 0 bridgehead atoms. The summed E-state index contributed by atoms with van der Waals surface area (Å²) in [5.41, 5.74) is 2.11. The highest BCUT2D eigenvalue weighted by molar-refractivity contribution is 5.08. The van der Waals surface area contributed by atoms with E-state index in [2.05, 4.69) is 16.4 Å². The predicted octanol–water partition coefficient (Wildman–Crippen LogP) is 3.72. The van der Waals surface area contributed by atoms with Crippen molar-refractivity contribution in [3.8, 4) is 0 Å². The molecule has 104 valence electrons. The Morgan fingerprint density at radius 1 is 1.16 bits per heavy atom. The zero-order valence-electron chi connectivity index (χ0n) is 11.9. The van der Waals surface area contributed by atoms with Gasteiger partial charge in [-0.3, -0.25) is 4.98 Å². The van der Waals surface area contributed by atoms with Crippen LogP contribution in [0, 0.1) is 5.41 Å². The standard InChI is InChI=1S/C17H26N2/c1-2-9-17(8-1)10-5-16(6-11-17)19-13-7-15-4-3-12-18-14-15/h3-4,12,14,16,19H,1-2,5-11,13H2. The Bertz CT molecular complexity index is 372. The summed E-state index contributed by atoms with van der Waals surface area (Å²) in [6.45, 7) is 1.10. The van der Waals surface area contributed by atoms with Crippen LogP contribution in [0.4, 0.5) is 0 Å².